The number of pyridine rings is 1. The number of carbonyl (C=O) groups is 1. The molecule has 1 heterocycles. The van der Waals surface area contributed by atoms with Crippen LogP contribution in [0.3, 0.4) is 0 Å². The van der Waals surface area contributed by atoms with Gasteiger partial charge >= 0.3 is 0 Å². The molecule has 0 aliphatic carbocycles. The van der Waals surface area contributed by atoms with Gasteiger partial charge in [0.15, 0.2) is 0 Å². The van der Waals surface area contributed by atoms with Gasteiger partial charge < -0.3 is 11.1 Å². The zero-order chi connectivity index (χ0) is 9.68. The van der Waals surface area contributed by atoms with Gasteiger partial charge in [-0.1, -0.05) is 6.07 Å². The van der Waals surface area contributed by atoms with Crippen molar-refractivity contribution in [2.45, 2.75) is 19.5 Å². The molecule has 0 aliphatic heterocycles. The monoisotopic (exact) mass is 179 g/mol. The fraction of sp³-hybridized carbons (Fsp3) is 0.333. The number of nitrogens with zero attached hydrogens (tertiary/aromatic N) is 1. The Morgan fingerprint density at radius 3 is 3.00 bits per heavy atom. The number of nitrogens with one attached hydrogen (secondary N) is 1. The van der Waals surface area contributed by atoms with Gasteiger partial charge in [0, 0.05) is 6.20 Å². The van der Waals surface area contributed by atoms with Crippen LogP contribution in [-0.2, 0) is 11.3 Å². The molecule has 0 aromatic carbocycles. The van der Waals surface area contributed by atoms with Crippen molar-refractivity contribution in [1.82, 2.24) is 10.3 Å². The van der Waals surface area contributed by atoms with E-state index in [4.69, 9.17) is 5.73 Å². The number of hydrogen-bond donors (Lipinski definition) is 2. The lowest BCUT2D eigenvalue weighted by atomic mass is 10.3. The van der Waals surface area contributed by atoms with Gasteiger partial charge in [-0.3, -0.25) is 9.78 Å². The van der Waals surface area contributed by atoms with E-state index >= 15 is 0 Å². The van der Waals surface area contributed by atoms with E-state index in [0.29, 0.717) is 6.54 Å². The van der Waals surface area contributed by atoms with Gasteiger partial charge in [-0.05, 0) is 19.1 Å². The predicted octanol–water partition coefficient (Wildman–Crippen LogP) is 0.0450. The summed E-state index contributed by atoms with van der Waals surface area (Å²) < 4.78 is 0. The average Bonchev–Trinajstić information content (AvgIpc) is 2.15. The van der Waals surface area contributed by atoms with Crippen molar-refractivity contribution >= 4 is 5.91 Å². The second-order valence-corrected chi connectivity index (χ2v) is 2.83. The molecule has 1 aromatic heterocycles. The molecule has 1 atom stereocenters. The van der Waals surface area contributed by atoms with Gasteiger partial charge in [0.25, 0.3) is 0 Å². The third kappa shape index (κ3) is 3.21. The highest BCUT2D eigenvalue weighted by atomic mass is 16.2. The van der Waals surface area contributed by atoms with Gasteiger partial charge in [0.1, 0.15) is 0 Å². The van der Waals surface area contributed by atoms with Gasteiger partial charge in [0.05, 0.1) is 18.3 Å². The largest absolute Gasteiger partial charge is 0.349 e. The molecule has 0 saturated carbocycles. The van der Waals surface area contributed by atoms with Crippen LogP contribution in [0, 0.1) is 0 Å². The maximum atomic E-state index is 11.1. The van der Waals surface area contributed by atoms with E-state index in [0.717, 1.165) is 5.69 Å². The highest BCUT2D eigenvalue weighted by Crippen LogP contribution is 1.91. The second-order valence-electron chi connectivity index (χ2n) is 2.83. The Morgan fingerprint density at radius 2 is 2.46 bits per heavy atom. The Morgan fingerprint density at radius 1 is 1.69 bits per heavy atom. The first-order valence-electron chi connectivity index (χ1n) is 4.13. The zero-order valence-electron chi connectivity index (χ0n) is 7.53. The minimum Gasteiger partial charge on any atom is -0.349 e. The number of rotatable bonds is 3. The summed E-state index contributed by atoms with van der Waals surface area (Å²) in [6, 6.07) is 5.09. The normalized spacial score (nSPS) is 12.2. The van der Waals surface area contributed by atoms with E-state index < -0.39 is 6.04 Å². The van der Waals surface area contributed by atoms with Crippen molar-refractivity contribution < 1.29 is 4.79 Å². The third-order valence-corrected chi connectivity index (χ3v) is 1.58. The van der Waals surface area contributed by atoms with Crippen molar-refractivity contribution in [3.63, 3.8) is 0 Å². The molecule has 3 N–H and O–H groups in total. The number of aromatic nitrogens is 1. The molecule has 4 nitrogen and oxygen atoms in total. The lowest BCUT2D eigenvalue weighted by Crippen LogP contribution is -2.37. The molecule has 0 saturated heterocycles. The molecule has 1 aromatic rings. The third-order valence-electron chi connectivity index (χ3n) is 1.58. The average molecular weight is 179 g/mol. The summed E-state index contributed by atoms with van der Waals surface area (Å²) in [7, 11) is 0. The fourth-order valence-electron chi connectivity index (χ4n) is 0.841. The van der Waals surface area contributed by atoms with Crippen molar-refractivity contribution in [3.05, 3.63) is 30.1 Å². The van der Waals surface area contributed by atoms with Gasteiger partial charge in [-0.25, -0.2) is 0 Å². The SMILES string of the molecule is C[C@@H](N)C(=O)NCc1ccccn1. The molecule has 0 unspecified atom stereocenters. The van der Waals surface area contributed by atoms with Gasteiger partial charge in [-0.15, -0.1) is 0 Å². The Bertz CT molecular complexity index is 271. The van der Waals surface area contributed by atoms with Gasteiger partial charge in [-0.2, -0.15) is 0 Å². The molecule has 0 aliphatic rings. The molecule has 0 bridgehead atoms. The van der Waals surface area contributed by atoms with Crippen LogP contribution in [-0.4, -0.2) is 16.9 Å². The van der Waals surface area contributed by atoms with E-state index in [9.17, 15) is 4.79 Å². The van der Waals surface area contributed by atoms with E-state index in [1.165, 1.54) is 0 Å². The van der Waals surface area contributed by atoms with Crippen LogP contribution < -0.4 is 11.1 Å². The molecular weight excluding hydrogens is 166 g/mol. The van der Waals surface area contributed by atoms with E-state index in [-0.39, 0.29) is 5.91 Å². The Balaban J connectivity index is 2.40. The van der Waals surface area contributed by atoms with E-state index in [1.807, 2.05) is 18.2 Å². The van der Waals surface area contributed by atoms with Crippen LogP contribution in [0.2, 0.25) is 0 Å². The summed E-state index contributed by atoms with van der Waals surface area (Å²) >= 11 is 0. The Labute approximate surface area is 77.2 Å². The summed E-state index contributed by atoms with van der Waals surface area (Å²) in [6.45, 7) is 2.08. The first-order chi connectivity index (χ1) is 6.20. The van der Waals surface area contributed by atoms with E-state index in [1.54, 1.807) is 13.1 Å². The summed E-state index contributed by atoms with van der Waals surface area (Å²) in [4.78, 5) is 15.1. The van der Waals surface area contributed by atoms with Crippen LogP contribution in [0.25, 0.3) is 0 Å². The van der Waals surface area contributed by atoms with Crippen LogP contribution in [0.15, 0.2) is 24.4 Å². The molecule has 0 spiro atoms. The topological polar surface area (TPSA) is 68.0 Å². The van der Waals surface area contributed by atoms with Crippen molar-refractivity contribution in [2.75, 3.05) is 0 Å². The molecular formula is C9H13N3O. The van der Waals surface area contributed by atoms with Crippen LogP contribution in [0.4, 0.5) is 0 Å². The quantitative estimate of drug-likeness (QED) is 0.688. The first-order valence-corrected chi connectivity index (χ1v) is 4.13. The Hall–Kier alpha value is -1.42. The van der Waals surface area contributed by atoms with Crippen LogP contribution in [0.5, 0.6) is 0 Å². The molecule has 13 heavy (non-hydrogen) atoms. The highest BCUT2D eigenvalue weighted by Gasteiger charge is 2.05. The molecule has 0 fully saturated rings. The smallest absolute Gasteiger partial charge is 0.236 e. The second kappa shape index (κ2) is 4.57. The number of carbonyl (C=O) groups excluding carboxylic acids is 1. The van der Waals surface area contributed by atoms with Gasteiger partial charge in [0.2, 0.25) is 5.91 Å². The predicted molar refractivity (Wildman–Crippen MR) is 49.7 cm³/mol. The summed E-state index contributed by atoms with van der Waals surface area (Å²) in [5, 5.41) is 2.67. The summed E-state index contributed by atoms with van der Waals surface area (Å²) in [5.74, 6) is -0.161. The summed E-state index contributed by atoms with van der Waals surface area (Å²) in [5.41, 5.74) is 6.20. The van der Waals surface area contributed by atoms with Crippen molar-refractivity contribution in [2.24, 2.45) is 5.73 Å². The minimum atomic E-state index is -0.469. The molecule has 0 radical (unpaired) electrons. The lowest BCUT2D eigenvalue weighted by Gasteiger charge is -2.06. The number of nitrogens with two attached hydrogens (primary N) is 1. The maximum Gasteiger partial charge on any atom is 0.236 e. The molecule has 1 amide bonds. The minimum absolute atomic E-state index is 0.161. The summed E-state index contributed by atoms with van der Waals surface area (Å²) in [6.07, 6.45) is 1.69. The zero-order valence-corrected chi connectivity index (χ0v) is 7.53. The molecule has 70 valence electrons. The standard InChI is InChI=1S/C9H13N3O/c1-7(10)9(13)12-6-8-4-2-3-5-11-8/h2-5,7H,6,10H2,1H3,(H,12,13)/t7-/m1/s1. The van der Waals surface area contributed by atoms with E-state index in [2.05, 4.69) is 10.3 Å². The Kier molecular flexibility index (Phi) is 3.40. The molecule has 1 rings (SSSR count). The number of amides is 1. The highest BCUT2D eigenvalue weighted by molar-refractivity contribution is 5.80. The maximum absolute atomic E-state index is 11.1. The fourth-order valence-corrected chi connectivity index (χ4v) is 0.841. The van der Waals surface area contributed by atoms with Crippen LogP contribution in [0.1, 0.15) is 12.6 Å². The first kappa shape index (κ1) is 9.67. The van der Waals surface area contributed by atoms with Crippen molar-refractivity contribution in [3.8, 4) is 0 Å². The van der Waals surface area contributed by atoms with Crippen molar-refractivity contribution in [1.29, 1.82) is 0 Å². The van der Waals surface area contributed by atoms with Crippen LogP contribution >= 0.6 is 0 Å². The molecule has 4 heteroatoms. The number of hydrogen-bond acceptors (Lipinski definition) is 3. The lowest BCUT2D eigenvalue weighted by molar-refractivity contribution is -0.122.